The molecule has 2 heterocycles. The third-order valence-electron chi connectivity index (χ3n) is 2.60. The molecule has 2 aromatic heterocycles. The van der Waals surface area contributed by atoms with Crippen LogP contribution in [0.25, 0.3) is 10.8 Å². The van der Waals surface area contributed by atoms with Gasteiger partial charge in [0, 0.05) is 5.92 Å². The average Bonchev–Trinajstić information content (AvgIpc) is 2.87. The zero-order chi connectivity index (χ0) is 12.0. The molecule has 0 radical (unpaired) electrons. The Bertz CT molecular complexity index is 585. The minimum Gasteiger partial charge on any atom is -0.475 e. The highest BCUT2D eigenvalue weighted by molar-refractivity contribution is 7.19. The Hall–Kier alpha value is -1.33. The van der Waals surface area contributed by atoms with Crippen LogP contribution in [0.5, 0.6) is 0 Å². The van der Waals surface area contributed by atoms with Gasteiger partial charge in [0.1, 0.15) is 0 Å². The van der Waals surface area contributed by atoms with Crippen molar-refractivity contribution in [2.75, 3.05) is 0 Å². The molecule has 4 nitrogen and oxygen atoms in total. The lowest BCUT2D eigenvalue weighted by Gasteiger charge is -1.89. The van der Waals surface area contributed by atoms with E-state index in [1.165, 1.54) is 11.3 Å². The molecular weight excluding hydrogens is 262 g/mol. The first-order chi connectivity index (χ1) is 8.15. The molecule has 0 spiro atoms. The molecule has 0 aliphatic heterocycles. The second kappa shape index (κ2) is 3.85. The molecule has 0 amide bonds. The predicted octanol–water partition coefficient (Wildman–Crippen LogP) is 3.63. The van der Waals surface area contributed by atoms with Gasteiger partial charge in [0.2, 0.25) is 11.7 Å². The van der Waals surface area contributed by atoms with Crippen LogP contribution >= 0.6 is 22.9 Å². The number of nitrogens with zero attached hydrogens (tertiary/aromatic N) is 1. The smallest absolute Gasteiger partial charge is 0.373 e. The van der Waals surface area contributed by atoms with E-state index in [2.05, 4.69) is 4.98 Å². The summed E-state index contributed by atoms with van der Waals surface area (Å²) in [6.07, 6.45) is 1.97. The molecule has 2 aromatic rings. The van der Waals surface area contributed by atoms with E-state index in [0.717, 1.165) is 17.7 Å². The number of thiophene rings is 1. The Kier molecular flexibility index (Phi) is 2.45. The summed E-state index contributed by atoms with van der Waals surface area (Å²) in [5, 5.41) is 9.05. The summed E-state index contributed by atoms with van der Waals surface area (Å²) in [5.41, 5.74) is 0.567. The number of rotatable bonds is 3. The van der Waals surface area contributed by atoms with E-state index in [1.807, 2.05) is 0 Å². The molecular formula is C11H8ClNO3S. The van der Waals surface area contributed by atoms with Crippen LogP contribution in [0.3, 0.4) is 0 Å². The van der Waals surface area contributed by atoms with E-state index < -0.39 is 5.97 Å². The van der Waals surface area contributed by atoms with Crippen molar-refractivity contribution < 1.29 is 14.3 Å². The summed E-state index contributed by atoms with van der Waals surface area (Å²) in [5.74, 6) is -0.504. The van der Waals surface area contributed by atoms with Gasteiger partial charge in [0.05, 0.1) is 14.9 Å². The predicted molar refractivity (Wildman–Crippen MR) is 63.8 cm³/mol. The van der Waals surface area contributed by atoms with Gasteiger partial charge in [-0.25, -0.2) is 9.78 Å². The summed E-state index contributed by atoms with van der Waals surface area (Å²) in [6.45, 7) is 0. The topological polar surface area (TPSA) is 63.3 Å². The summed E-state index contributed by atoms with van der Waals surface area (Å²) < 4.78 is 5.95. The van der Waals surface area contributed by atoms with Crippen LogP contribution in [0.2, 0.25) is 4.34 Å². The van der Waals surface area contributed by atoms with E-state index in [0.29, 0.717) is 15.9 Å². The first kappa shape index (κ1) is 10.8. The number of oxazole rings is 1. The highest BCUT2D eigenvalue weighted by atomic mass is 35.5. The number of hydrogen-bond donors (Lipinski definition) is 1. The third-order valence-corrected chi connectivity index (χ3v) is 3.81. The van der Waals surface area contributed by atoms with Crippen molar-refractivity contribution >= 4 is 28.9 Å². The Morgan fingerprint density at radius 1 is 1.53 bits per heavy atom. The maximum atomic E-state index is 11.0. The largest absolute Gasteiger partial charge is 0.475 e. The number of hydrogen-bond acceptors (Lipinski definition) is 4. The molecule has 1 N–H and O–H groups in total. The maximum absolute atomic E-state index is 11.0. The van der Waals surface area contributed by atoms with Crippen molar-refractivity contribution in [1.82, 2.24) is 4.98 Å². The van der Waals surface area contributed by atoms with Crippen molar-refractivity contribution in [3.63, 3.8) is 0 Å². The fourth-order valence-corrected chi connectivity index (χ4v) is 2.62. The first-order valence-corrected chi connectivity index (χ1v) is 6.34. The van der Waals surface area contributed by atoms with E-state index >= 15 is 0 Å². The SMILES string of the molecule is O=C(O)c1oc(-c2ccc(Cl)s2)nc1C1CC1. The molecule has 1 fully saturated rings. The zero-order valence-corrected chi connectivity index (χ0v) is 10.2. The second-order valence-corrected chi connectivity index (χ2v) is 5.63. The molecule has 1 aliphatic carbocycles. The average molecular weight is 270 g/mol. The van der Waals surface area contributed by atoms with Gasteiger partial charge in [0.25, 0.3) is 0 Å². The molecule has 0 aromatic carbocycles. The van der Waals surface area contributed by atoms with Crippen molar-refractivity contribution in [1.29, 1.82) is 0 Å². The highest BCUT2D eigenvalue weighted by Gasteiger charge is 2.33. The maximum Gasteiger partial charge on any atom is 0.373 e. The lowest BCUT2D eigenvalue weighted by atomic mass is 10.2. The van der Waals surface area contributed by atoms with E-state index in [1.54, 1.807) is 12.1 Å². The van der Waals surface area contributed by atoms with Gasteiger partial charge in [-0.15, -0.1) is 11.3 Å². The Morgan fingerprint density at radius 3 is 2.82 bits per heavy atom. The Balaban J connectivity index is 2.06. The fourth-order valence-electron chi connectivity index (χ4n) is 1.65. The van der Waals surface area contributed by atoms with Crippen LogP contribution in [0.4, 0.5) is 0 Å². The van der Waals surface area contributed by atoms with Crippen molar-refractivity contribution in [3.05, 3.63) is 27.9 Å². The molecule has 0 atom stereocenters. The van der Waals surface area contributed by atoms with Crippen LogP contribution in [0, 0.1) is 0 Å². The number of aromatic carboxylic acids is 1. The van der Waals surface area contributed by atoms with E-state index in [4.69, 9.17) is 21.1 Å². The third kappa shape index (κ3) is 1.96. The van der Waals surface area contributed by atoms with Crippen LogP contribution in [0.15, 0.2) is 16.5 Å². The zero-order valence-electron chi connectivity index (χ0n) is 8.64. The summed E-state index contributed by atoms with van der Waals surface area (Å²) in [7, 11) is 0. The second-order valence-electron chi connectivity index (χ2n) is 3.92. The highest BCUT2D eigenvalue weighted by Crippen LogP contribution is 2.43. The molecule has 0 unspecified atom stereocenters. The van der Waals surface area contributed by atoms with Gasteiger partial charge < -0.3 is 9.52 Å². The minimum atomic E-state index is -1.06. The van der Waals surface area contributed by atoms with E-state index in [-0.39, 0.29) is 11.7 Å². The normalized spacial score (nSPS) is 15.1. The number of carbonyl (C=O) groups is 1. The minimum absolute atomic E-state index is 0.0352. The molecule has 0 bridgehead atoms. The lowest BCUT2D eigenvalue weighted by molar-refractivity contribution is 0.0661. The molecule has 88 valence electrons. The number of halogens is 1. The van der Waals surface area contributed by atoms with E-state index in [9.17, 15) is 4.79 Å². The lowest BCUT2D eigenvalue weighted by Crippen LogP contribution is -1.98. The van der Waals surface area contributed by atoms with Crippen LogP contribution in [0.1, 0.15) is 35.0 Å². The molecule has 3 rings (SSSR count). The quantitative estimate of drug-likeness (QED) is 0.924. The first-order valence-electron chi connectivity index (χ1n) is 5.15. The number of carboxylic acid groups (broad SMARTS) is 1. The van der Waals surface area contributed by atoms with Gasteiger partial charge in [-0.05, 0) is 25.0 Å². The van der Waals surface area contributed by atoms with Gasteiger partial charge in [-0.2, -0.15) is 0 Å². The number of carboxylic acids is 1. The van der Waals surface area contributed by atoms with Crippen molar-refractivity contribution in [3.8, 4) is 10.8 Å². The summed E-state index contributed by atoms with van der Waals surface area (Å²) in [6, 6.07) is 3.52. The van der Waals surface area contributed by atoms with Crippen LogP contribution < -0.4 is 0 Å². The van der Waals surface area contributed by atoms with Gasteiger partial charge >= 0.3 is 5.97 Å². The van der Waals surface area contributed by atoms with Crippen molar-refractivity contribution in [2.24, 2.45) is 0 Å². The molecule has 0 saturated heterocycles. The number of aromatic nitrogens is 1. The monoisotopic (exact) mass is 269 g/mol. The summed E-state index contributed by atoms with van der Waals surface area (Å²) in [4.78, 5) is 16.1. The molecule has 6 heteroatoms. The van der Waals surface area contributed by atoms with Crippen LogP contribution in [-0.4, -0.2) is 16.1 Å². The Morgan fingerprint density at radius 2 is 2.29 bits per heavy atom. The van der Waals surface area contributed by atoms with Gasteiger partial charge in [-0.1, -0.05) is 11.6 Å². The molecule has 1 saturated carbocycles. The van der Waals surface area contributed by atoms with Gasteiger partial charge in [-0.3, -0.25) is 0 Å². The van der Waals surface area contributed by atoms with Gasteiger partial charge in [0.15, 0.2) is 0 Å². The standard InChI is InChI=1S/C11H8ClNO3S/c12-7-4-3-6(17-7)10-13-8(5-1-2-5)9(16-10)11(14)15/h3-5H,1-2H2,(H,14,15). The Labute approximate surface area is 106 Å². The fraction of sp³-hybridized carbons (Fsp3) is 0.273. The van der Waals surface area contributed by atoms with Crippen molar-refractivity contribution in [2.45, 2.75) is 18.8 Å². The molecule has 1 aliphatic rings. The molecule has 17 heavy (non-hydrogen) atoms. The van der Waals surface area contributed by atoms with Crippen LogP contribution in [-0.2, 0) is 0 Å². The summed E-state index contributed by atoms with van der Waals surface area (Å²) >= 11 is 7.15.